The van der Waals surface area contributed by atoms with Gasteiger partial charge in [0.2, 0.25) is 5.91 Å². The largest absolute Gasteiger partial charge is 0.353 e. The molecular weight excluding hydrogens is 342 g/mol. The van der Waals surface area contributed by atoms with Gasteiger partial charge in [0.15, 0.2) is 0 Å². The molecule has 1 aromatic carbocycles. The van der Waals surface area contributed by atoms with Crippen LogP contribution in [0.4, 0.5) is 5.82 Å². The Bertz CT molecular complexity index is 861. The first-order valence-corrected chi connectivity index (χ1v) is 9.30. The first-order chi connectivity index (χ1) is 13.1. The standard InChI is InChI=1S/C20H23N5O2/c1-15(26)23-8-10-24(11-9-23)19-12-18(21-14-22-19)20(27)25-7-6-16-4-2-3-5-17(16)13-25/h2-5,12,14H,6-11,13H2,1H3. The lowest BCUT2D eigenvalue weighted by atomic mass is 10.00. The van der Waals surface area contributed by atoms with Gasteiger partial charge in [-0.15, -0.1) is 0 Å². The highest BCUT2D eigenvalue weighted by atomic mass is 16.2. The normalized spacial score (nSPS) is 16.9. The number of anilines is 1. The van der Waals surface area contributed by atoms with E-state index in [0.29, 0.717) is 45.0 Å². The summed E-state index contributed by atoms with van der Waals surface area (Å²) in [6.07, 6.45) is 2.32. The zero-order chi connectivity index (χ0) is 18.8. The van der Waals surface area contributed by atoms with Gasteiger partial charge in [0.25, 0.3) is 5.91 Å². The molecule has 1 saturated heterocycles. The summed E-state index contributed by atoms with van der Waals surface area (Å²) in [5, 5.41) is 0. The van der Waals surface area contributed by atoms with Crippen LogP contribution in [0.25, 0.3) is 0 Å². The van der Waals surface area contributed by atoms with Gasteiger partial charge < -0.3 is 14.7 Å². The monoisotopic (exact) mass is 365 g/mol. The molecule has 2 aliphatic heterocycles. The lowest BCUT2D eigenvalue weighted by molar-refractivity contribution is -0.129. The van der Waals surface area contributed by atoms with Crippen molar-refractivity contribution in [3.05, 3.63) is 53.5 Å². The van der Waals surface area contributed by atoms with Crippen LogP contribution in [0.2, 0.25) is 0 Å². The highest BCUT2D eigenvalue weighted by molar-refractivity contribution is 5.93. The fourth-order valence-corrected chi connectivity index (χ4v) is 3.72. The van der Waals surface area contributed by atoms with E-state index in [-0.39, 0.29) is 11.8 Å². The number of carbonyl (C=O) groups excluding carboxylic acids is 2. The number of piperazine rings is 1. The minimum absolute atomic E-state index is 0.0597. The van der Waals surface area contributed by atoms with E-state index in [9.17, 15) is 9.59 Å². The molecule has 7 heteroatoms. The van der Waals surface area contributed by atoms with Gasteiger partial charge in [-0.1, -0.05) is 24.3 Å². The van der Waals surface area contributed by atoms with Crippen LogP contribution in [0.3, 0.4) is 0 Å². The van der Waals surface area contributed by atoms with Crippen molar-refractivity contribution in [1.29, 1.82) is 0 Å². The van der Waals surface area contributed by atoms with E-state index in [0.717, 1.165) is 12.2 Å². The predicted octanol–water partition coefficient (Wildman–Crippen LogP) is 1.34. The van der Waals surface area contributed by atoms with Crippen molar-refractivity contribution in [3.63, 3.8) is 0 Å². The highest BCUT2D eigenvalue weighted by Gasteiger charge is 2.24. The van der Waals surface area contributed by atoms with Gasteiger partial charge in [-0.25, -0.2) is 9.97 Å². The summed E-state index contributed by atoms with van der Waals surface area (Å²) < 4.78 is 0. The first-order valence-electron chi connectivity index (χ1n) is 9.30. The predicted molar refractivity (Wildman–Crippen MR) is 101 cm³/mol. The van der Waals surface area contributed by atoms with E-state index >= 15 is 0 Å². The first kappa shape index (κ1) is 17.5. The zero-order valence-electron chi connectivity index (χ0n) is 15.5. The van der Waals surface area contributed by atoms with E-state index in [2.05, 4.69) is 27.0 Å². The quantitative estimate of drug-likeness (QED) is 0.803. The van der Waals surface area contributed by atoms with E-state index in [1.807, 2.05) is 21.9 Å². The second kappa shape index (κ2) is 7.34. The molecule has 140 valence electrons. The molecule has 2 amide bonds. The van der Waals surface area contributed by atoms with Crippen LogP contribution in [-0.4, -0.2) is 64.3 Å². The Morgan fingerprint density at radius 2 is 1.67 bits per heavy atom. The fraction of sp³-hybridized carbons (Fsp3) is 0.400. The molecule has 2 aliphatic rings. The number of hydrogen-bond donors (Lipinski definition) is 0. The van der Waals surface area contributed by atoms with Crippen molar-refractivity contribution in [3.8, 4) is 0 Å². The van der Waals surface area contributed by atoms with Crippen LogP contribution >= 0.6 is 0 Å². The van der Waals surface area contributed by atoms with Crippen LogP contribution in [0.5, 0.6) is 0 Å². The van der Waals surface area contributed by atoms with E-state index in [1.165, 1.54) is 17.5 Å². The maximum atomic E-state index is 13.0. The van der Waals surface area contributed by atoms with Crippen LogP contribution in [0.1, 0.15) is 28.5 Å². The van der Waals surface area contributed by atoms with Crippen LogP contribution in [0.15, 0.2) is 36.7 Å². The number of nitrogens with zero attached hydrogens (tertiary/aromatic N) is 5. The van der Waals surface area contributed by atoms with E-state index in [4.69, 9.17) is 0 Å². The summed E-state index contributed by atoms with van der Waals surface area (Å²) >= 11 is 0. The third-order valence-corrected chi connectivity index (χ3v) is 5.34. The van der Waals surface area contributed by atoms with Crippen molar-refractivity contribution in [1.82, 2.24) is 19.8 Å². The number of carbonyl (C=O) groups is 2. The number of benzene rings is 1. The molecule has 0 bridgehead atoms. The zero-order valence-corrected chi connectivity index (χ0v) is 15.5. The van der Waals surface area contributed by atoms with E-state index < -0.39 is 0 Å². The fourth-order valence-electron chi connectivity index (χ4n) is 3.72. The second-order valence-corrected chi connectivity index (χ2v) is 7.00. The Labute approximate surface area is 158 Å². The Hall–Kier alpha value is -2.96. The maximum Gasteiger partial charge on any atom is 0.272 e. The summed E-state index contributed by atoms with van der Waals surface area (Å²) in [4.78, 5) is 38.8. The van der Waals surface area contributed by atoms with Gasteiger partial charge in [-0.2, -0.15) is 0 Å². The Morgan fingerprint density at radius 1 is 0.926 bits per heavy atom. The second-order valence-electron chi connectivity index (χ2n) is 7.00. The number of amides is 2. The minimum Gasteiger partial charge on any atom is -0.353 e. The molecule has 4 rings (SSSR count). The summed E-state index contributed by atoms with van der Waals surface area (Å²) in [6.45, 7) is 5.67. The third kappa shape index (κ3) is 3.63. The van der Waals surface area contributed by atoms with Gasteiger partial charge in [0.1, 0.15) is 17.8 Å². The smallest absolute Gasteiger partial charge is 0.272 e. The molecule has 0 aliphatic carbocycles. The van der Waals surface area contributed by atoms with Crippen molar-refractivity contribution in [2.75, 3.05) is 37.6 Å². The molecule has 0 atom stereocenters. The van der Waals surface area contributed by atoms with Crippen molar-refractivity contribution < 1.29 is 9.59 Å². The number of aromatic nitrogens is 2. The van der Waals surface area contributed by atoms with Gasteiger partial charge in [0, 0.05) is 52.3 Å². The Morgan fingerprint density at radius 3 is 2.41 bits per heavy atom. The van der Waals surface area contributed by atoms with Crippen LogP contribution < -0.4 is 4.90 Å². The Balaban J connectivity index is 1.47. The average Bonchev–Trinajstić information content (AvgIpc) is 2.73. The highest BCUT2D eigenvalue weighted by Crippen LogP contribution is 2.21. The molecule has 0 radical (unpaired) electrons. The lowest BCUT2D eigenvalue weighted by Gasteiger charge is -2.35. The molecule has 2 aromatic rings. The molecule has 3 heterocycles. The summed E-state index contributed by atoms with van der Waals surface area (Å²) in [5.41, 5.74) is 2.94. The number of hydrogen-bond acceptors (Lipinski definition) is 5. The molecule has 27 heavy (non-hydrogen) atoms. The SMILES string of the molecule is CC(=O)N1CCN(c2cc(C(=O)N3CCc4ccccc4C3)ncn2)CC1. The molecule has 1 aromatic heterocycles. The van der Waals surface area contributed by atoms with Crippen LogP contribution in [-0.2, 0) is 17.8 Å². The molecular formula is C20H23N5O2. The minimum atomic E-state index is -0.0597. The Kier molecular flexibility index (Phi) is 4.75. The summed E-state index contributed by atoms with van der Waals surface area (Å²) in [5.74, 6) is 0.781. The summed E-state index contributed by atoms with van der Waals surface area (Å²) in [7, 11) is 0. The van der Waals surface area contributed by atoms with Gasteiger partial charge in [-0.05, 0) is 17.5 Å². The molecule has 0 saturated carbocycles. The lowest BCUT2D eigenvalue weighted by Crippen LogP contribution is -2.48. The van der Waals surface area contributed by atoms with Gasteiger partial charge in [0.05, 0.1) is 0 Å². The van der Waals surface area contributed by atoms with Crippen molar-refractivity contribution >= 4 is 17.6 Å². The van der Waals surface area contributed by atoms with Gasteiger partial charge in [-0.3, -0.25) is 9.59 Å². The van der Waals surface area contributed by atoms with Crippen molar-refractivity contribution in [2.45, 2.75) is 19.9 Å². The van der Waals surface area contributed by atoms with Gasteiger partial charge >= 0.3 is 0 Å². The molecule has 0 unspecified atom stereocenters. The van der Waals surface area contributed by atoms with E-state index in [1.54, 1.807) is 13.0 Å². The molecule has 7 nitrogen and oxygen atoms in total. The third-order valence-electron chi connectivity index (χ3n) is 5.34. The number of fused-ring (bicyclic) bond motifs is 1. The summed E-state index contributed by atoms with van der Waals surface area (Å²) in [6, 6.07) is 10.0. The molecule has 1 fully saturated rings. The topological polar surface area (TPSA) is 69.6 Å². The maximum absolute atomic E-state index is 13.0. The van der Waals surface area contributed by atoms with Crippen molar-refractivity contribution in [2.24, 2.45) is 0 Å². The molecule has 0 spiro atoms. The molecule has 0 N–H and O–H groups in total. The number of rotatable bonds is 2. The average molecular weight is 365 g/mol. The van der Waals surface area contributed by atoms with Crippen LogP contribution in [0, 0.1) is 0 Å².